The molecule has 3 heteroatoms. The largest absolute Gasteiger partial charge is 0.165 e. The molecule has 0 saturated heterocycles. The highest BCUT2D eigenvalue weighted by molar-refractivity contribution is 9.09. The lowest BCUT2D eigenvalue weighted by atomic mass is 10.4. The summed E-state index contributed by atoms with van der Waals surface area (Å²) in [4.78, 5) is 5.48. The number of halogens is 1. The van der Waals surface area contributed by atoms with E-state index >= 15 is 0 Å². The van der Waals surface area contributed by atoms with Gasteiger partial charge in [0.25, 0.3) is 0 Å². The molecule has 4 aromatic carbocycles. The van der Waals surface area contributed by atoms with E-state index in [-0.39, 0.29) is 21.8 Å². The summed E-state index contributed by atoms with van der Waals surface area (Å²) in [5.74, 6) is 1.16. The molecule has 0 spiro atoms. The lowest BCUT2D eigenvalue weighted by Crippen LogP contribution is -2.09. The van der Waals surface area contributed by atoms with Gasteiger partial charge in [-0.05, 0) is 48.5 Å². The van der Waals surface area contributed by atoms with Crippen LogP contribution in [0.25, 0.3) is 0 Å². The van der Waals surface area contributed by atoms with Crippen LogP contribution in [-0.2, 0) is 21.8 Å². The van der Waals surface area contributed by atoms with E-state index in [0.29, 0.717) is 0 Å². The number of benzene rings is 4. The first-order chi connectivity index (χ1) is 15.3. The molecule has 0 heterocycles. The fourth-order valence-corrected chi connectivity index (χ4v) is 7.48. The van der Waals surface area contributed by atoms with Crippen LogP contribution in [0.2, 0.25) is 0 Å². The van der Waals surface area contributed by atoms with Crippen molar-refractivity contribution in [3.8, 4) is 0 Å². The SMILES string of the molecule is BrCC[S+](c1ccccc1)c1ccccc1.C=C[S+](c1ccccc1)c1ccccc1. The lowest BCUT2D eigenvalue weighted by Gasteiger charge is -2.05. The number of alkyl halides is 1. The minimum atomic E-state index is 0.00568. The Hall–Kier alpha value is -2.20. The Morgan fingerprint density at radius 2 is 0.871 bits per heavy atom. The van der Waals surface area contributed by atoms with Crippen LogP contribution in [0.4, 0.5) is 0 Å². The number of hydrogen-bond donors (Lipinski definition) is 0. The molecule has 0 aliphatic rings. The van der Waals surface area contributed by atoms with E-state index in [9.17, 15) is 0 Å². The minimum absolute atomic E-state index is 0.00568. The van der Waals surface area contributed by atoms with Crippen LogP contribution >= 0.6 is 15.9 Å². The van der Waals surface area contributed by atoms with E-state index in [0.717, 1.165) is 11.1 Å². The van der Waals surface area contributed by atoms with Crippen LogP contribution in [0.1, 0.15) is 0 Å². The van der Waals surface area contributed by atoms with Crippen LogP contribution in [0.5, 0.6) is 0 Å². The highest BCUT2D eigenvalue weighted by atomic mass is 79.9. The summed E-state index contributed by atoms with van der Waals surface area (Å²) < 4.78 is 0. The van der Waals surface area contributed by atoms with Gasteiger partial charge in [0.1, 0.15) is 11.2 Å². The number of hydrogen-bond acceptors (Lipinski definition) is 0. The molecule has 0 radical (unpaired) electrons. The molecule has 0 bridgehead atoms. The standard InChI is InChI=1S/C14H14BrS.C14H13S/c15-11-12-16(13-7-3-1-4-8-13)14-9-5-2-6-10-14;1-2-15(13-9-5-3-6-10-13)14-11-7-4-8-12-14/h1-10H,11-12H2;2-12H,1H2/q2*+1. The van der Waals surface area contributed by atoms with Gasteiger partial charge in [0.05, 0.1) is 21.8 Å². The third-order valence-electron chi connectivity index (χ3n) is 4.50. The Bertz CT molecular complexity index is 927. The van der Waals surface area contributed by atoms with Crippen LogP contribution < -0.4 is 0 Å². The molecule has 4 aromatic rings. The summed E-state index contributed by atoms with van der Waals surface area (Å²) in [6, 6.07) is 42.5. The summed E-state index contributed by atoms with van der Waals surface area (Å²) in [6.45, 7) is 3.93. The quantitative estimate of drug-likeness (QED) is 0.176. The first-order valence-electron chi connectivity index (χ1n) is 10.2. The lowest BCUT2D eigenvalue weighted by molar-refractivity contribution is 1.34. The van der Waals surface area contributed by atoms with E-state index in [1.54, 1.807) is 0 Å². The van der Waals surface area contributed by atoms with Gasteiger partial charge in [-0.25, -0.2) is 0 Å². The van der Waals surface area contributed by atoms with E-state index in [4.69, 9.17) is 0 Å². The third kappa shape index (κ3) is 7.17. The van der Waals surface area contributed by atoms with Crippen LogP contribution in [0.3, 0.4) is 0 Å². The molecule has 156 valence electrons. The maximum absolute atomic E-state index is 3.93. The maximum Gasteiger partial charge on any atom is 0.165 e. The van der Waals surface area contributed by atoms with Crippen molar-refractivity contribution in [1.82, 2.24) is 0 Å². The second kappa shape index (κ2) is 13.3. The van der Waals surface area contributed by atoms with Gasteiger partial charge in [0.2, 0.25) is 0 Å². The monoisotopic (exact) mass is 506 g/mol. The van der Waals surface area contributed by atoms with Gasteiger partial charge in [-0.1, -0.05) is 95.3 Å². The maximum atomic E-state index is 3.93. The smallest absolute Gasteiger partial charge is 0.0877 e. The second-order valence-electron chi connectivity index (χ2n) is 6.54. The summed E-state index contributed by atoms with van der Waals surface area (Å²) in [6.07, 6.45) is 0. The molecule has 4 rings (SSSR count). The molecule has 31 heavy (non-hydrogen) atoms. The molecule has 0 saturated carbocycles. The van der Waals surface area contributed by atoms with Gasteiger partial charge in [-0.15, -0.1) is 0 Å². The molecule has 0 fully saturated rings. The summed E-state index contributed by atoms with van der Waals surface area (Å²) >= 11 is 3.55. The molecular weight excluding hydrogens is 480 g/mol. The topological polar surface area (TPSA) is 0 Å². The molecular formula is C28H27BrS2+2. The molecule has 0 unspecified atom stereocenters. The van der Waals surface area contributed by atoms with E-state index in [1.165, 1.54) is 19.6 Å². The average Bonchev–Trinajstić information content (AvgIpc) is 2.86. The van der Waals surface area contributed by atoms with Crippen molar-refractivity contribution in [2.24, 2.45) is 0 Å². The Morgan fingerprint density at radius 1 is 0.548 bits per heavy atom. The zero-order valence-electron chi connectivity index (χ0n) is 17.4. The van der Waals surface area contributed by atoms with Crippen molar-refractivity contribution in [3.05, 3.63) is 133 Å². The first-order valence-corrected chi connectivity index (χ1v) is 14.0. The highest BCUT2D eigenvalue weighted by Gasteiger charge is 2.23. The van der Waals surface area contributed by atoms with Crippen LogP contribution in [-0.4, -0.2) is 11.1 Å². The number of rotatable bonds is 7. The predicted octanol–water partition coefficient (Wildman–Crippen LogP) is 7.98. The van der Waals surface area contributed by atoms with Crippen LogP contribution in [0, 0.1) is 0 Å². The third-order valence-corrected chi connectivity index (χ3v) is 9.61. The van der Waals surface area contributed by atoms with Gasteiger partial charge >= 0.3 is 0 Å². The molecule has 0 nitrogen and oxygen atoms in total. The van der Waals surface area contributed by atoms with E-state index < -0.39 is 0 Å². The van der Waals surface area contributed by atoms with E-state index in [1.807, 2.05) is 17.5 Å². The van der Waals surface area contributed by atoms with Gasteiger partial charge in [-0.3, -0.25) is 0 Å². The first kappa shape index (κ1) is 23.5. The second-order valence-corrected chi connectivity index (χ2v) is 11.4. The Balaban J connectivity index is 0.000000176. The van der Waals surface area contributed by atoms with Crippen LogP contribution in [0.15, 0.2) is 153 Å². The normalized spacial score (nSPS) is 10.4. The van der Waals surface area contributed by atoms with Crippen molar-refractivity contribution in [2.45, 2.75) is 19.6 Å². The zero-order valence-corrected chi connectivity index (χ0v) is 20.7. The summed E-state index contributed by atoms with van der Waals surface area (Å²) in [7, 11) is 0.208. The fourth-order valence-electron chi connectivity index (χ4n) is 3.08. The Morgan fingerprint density at radius 3 is 1.16 bits per heavy atom. The van der Waals surface area contributed by atoms with Gasteiger partial charge in [0, 0.05) is 5.33 Å². The fraction of sp³-hybridized carbons (Fsp3) is 0.0714. The molecule has 0 aromatic heterocycles. The predicted molar refractivity (Wildman–Crippen MR) is 142 cm³/mol. The van der Waals surface area contributed by atoms with E-state index in [2.05, 4.69) is 132 Å². The van der Waals surface area contributed by atoms with Crippen molar-refractivity contribution in [3.63, 3.8) is 0 Å². The molecule has 0 aliphatic carbocycles. The summed E-state index contributed by atoms with van der Waals surface area (Å²) in [5, 5.41) is 3.06. The van der Waals surface area contributed by atoms with Crippen molar-refractivity contribution in [1.29, 1.82) is 0 Å². The zero-order chi connectivity index (χ0) is 21.7. The van der Waals surface area contributed by atoms with Gasteiger partial charge in [0.15, 0.2) is 19.6 Å². The van der Waals surface area contributed by atoms with Gasteiger partial charge in [-0.2, -0.15) is 0 Å². The molecule has 0 amide bonds. The molecule has 0 N–H and O–H groups in total. The van der Waals surface area contributed by atoms with Crippen molar-refractivity contribution < 1.29 is 0 Å². The average molecular weight is 508 g/mol. The highest BCUT2D eigenvalue weighted by Crippen LogP contribution is 2.24. The van der Waals surface area contributed by atoms with Crippen molar-refractivity contribution >= 4 is 37.7 Å². The minimum Gasteiger partial charge on any atom is -0.0877 e. The van der Waals surface area contributed by atoms with Crippen molar-refractivity contribution in [2.75, 3.05) is 11.1 Å². The Kier molecular flexibility index (Phi) is 10.0. The summed E-state index contributed by atoms with van der Waals surface area (Å²) in [5.41, 5.74) is 0. The van der Waals surface area contributed by atoms with Gasteiger partial charge < -0.3 is 0 Å². The Labute approximate surface area is 200 Å². The molecule has 0 atom stereocenters. The molecule has 0 aliphatic heterocycles.